The number of hydrogen-bond donors (Lipinski definition) is 0. The maximum Gasteiger partial charge on any atom is 0.276 e. The third kappa shape index (κ3) is 2.82. The molecule has 20 heavy (non-hydrogen) atoms. The highest BCUT2D eigenvalue weighted by Crippen LogP contribution is 2.24. The van der Waals surface area contributed by atoms with E-state index in [0.717, 1.165) is 11.3 Å². The van der Waals surface area contributed by atoms with Gasteiger partial charge in [0.15, 0.2) is 11.5 Å². The van der Waals surface area contributed by atoms with Crippen molar-refractivity contribution in [2.75, 3.05) is 20.2 Å². The van der Waals surface area contributed by atoms with Gasteiger partial charge in [0, 0.05) is 24.7 Å². The molecule has 0 saturated carbocycles. The van der Waals surface area contributed by atoms with E-state index in [1.807, 2.05) is 38.1 Å². The molecule has 1 amide bonds. The Bertz CT molecular complexity index is 588. The van der Waals surface area contributed by atoms with E-state index in [0.29, 0.717) is 24.5 Å². The molecule has 1 aromatic carbocycles. The van der Waals surface area contributed by atoms with Gasteiger partial charge in [-0.05, 0) is 26.0 Å². The number of nitrogens with zero attached hydrogens (tertiary/aromatic N) is 2. The van der Waals surface area contributed by atoms with Crippen LogP contribution in [0.5, 0.6) is 5.75 Å². The van der Waals surface area contributed by atoms with Gasteiger partial charge in [-0.3, -0.25) is 4.79 Å². The molecule has 1 heterocycles. The van der Waals surface area contributed by atoms with E-state index < -0.39 is 0 Å². The van der Waals surface area contributed by atoms with E-state index in [1.165, 1.54) is 0 Å². The minimum Gasteiger partial charge on any atom is -0.497 e. The maximum atomic E-state index is 12.2. The topological polar surface area (TPSA) is 55.6 Å². The quantitative estimate of drug-likeness (QED) is 0.841. The van der Waals surface area contributed by atoms with Crippen molar-refractivity contribution in [3.8, 4) is 17.1 Å². The van der Waals surface area contributed by atoms with Gasteiger partial charge in [0.1, 0.15) is 5.75 Å². The number of methoxy groups -OCH3 is 1. The summed E-state index contributed by atoms with van der Waals surface area (Å²) in [7, 11) is 1.61. The molecule has 106 valence electrons. The zero-order chi connectivity index (χ0) is 14.5. The summed E-state index contributed by atoms with van der Waals surface area (Å²) >= 11 is 0. The summed E-state index contributed by atoms with van der Waals surface area (Å²) in [4.78, 5) is 13.9. The molecule has 0 saturated heterocycles. The van der Waals surface area contributed by atoms with Gasteiger partial charge in [0.2, 0.25) is 0 Å². The maximum absolute atomic E-state index is 12.2. The Morgan fingerprint density at radius 2 is 2.05 bits per heavy atom. The first-order chi connectivity index (χ1) is 9.69. The first kappa shape index (κ1) is 14.1. The Morgan fingerprint density at radius 3 is 2.70 bits per heavy atom. The van der Waals surface area contributed by atoms with Crippen molar-refractivity contribution in [3.63, 3.8) is 0 Å². The van der Waals surface area contributed by atoms with Crippen molar-refractivity contribution < 1.29 is 14.1 Å². The standard InChI is InChI=1S/C15H18N2O3/c1-4-17(5-2)15(18)13-10-14(20-16-13)11-7-6-8-12(9-11)19-3/h6-10H,4-5H2,1-3H3. The van der Waals surface area contributed by atoms with Gasteiger partial charge in [-0.1, -0.05) is 17.3 Å². The highest BCUT2D eigenvalue weighted by Gasteiger charge is 2.18. The van der Waals surface area contributed by atoms with Crippen molar-refractivity contribution in [1.29, 1.82) is 0 Å². The van der Waals surface area contributed by atoms with Gasteiger partial charge in [-0.15, -0.1) is 0 Å². The van der Waals surface area contributed by atoms with Crippen LogP contribution < -0.4 is 4.74 Å². The van der Waals surface area contributed by atoms with Crippen LogP contribution in [-0.4, -0.2) is 36.2 Å². The Morgan fingerprint density at radius 1 is 1.30 bits per heavy atom. The SMILES string of the molecule is CCN(CC)C(=O)c1cc(-c2cccc(OC)c2)on1. The van der Waals surface area contributed by atoms with Gasteiger partial charge in [0.05, 0.1) is 7.11 Å². The first-order valence-corrected chi connectivity index (χ1v) is 6.60. The normalized spacial score (nSPS) is 10.3. The number of carbonyl (C=O) groups is 1. The van der Waals surface area contributed by atoms with Gasteiger partial charge < -0.3 is 14.2 Å². The molecule has 0 N–H and O–H groups in total. The van der Waals surface area contributed by atoms with E-state index in [4.69, 9.17) is 9.26 Å². The second-order valence-corrected chi connectivity index (χ2v) is 4.29. The van der Waals surface area contributed by atoms with Crippen LogP contribution in [0.15, 0.2) is 34.9 Å². The number of ether oxygens (including phenoxy) is 1. The van der Waals surface area contributed by atoms with Gasteiger partial charge in [-0.25, -0.2) is 0 Å². The lowest BCUT2D eigenvalue weighted by Crippen LogP contribution is -2.30. The van der Waals surface area contributed by atoms with E-state index in [2.05, 4.69) is 5.16 Å². The number of rotatable bonds is 5. The van der Waals surface area contributed by atoms with E-state index in [9.17, 15) is 4.79 Å². The summed E-state index contributed by atoms with van der Waals surface area (Å²) in [6, 6.07) is 9.10. The van der Waals surface area contributed by atoms with Crippen LogP contribution in [0, 0.1) is 0 Å². The third-order valence-electron chi connectivity index (χ3n) is 3.13. The lowest BCUT2D eigenvalue weighted by Gasteiger charge is -2.16. The molecular formula is C15H18N2O3. The summed E-state index contributed by atoms with van der Waals surface area (Å²) < 4.78 is 10.4. The van der Waals surface area contributed by atoms with Crippen LogP contribution in [0.3, 0.4) is 0 Å². The zero-order valence-electron chi connectivity index (χ0n) is 11.9. The minimum absolute atomic E-state index is 0.118. The Kier molecular flexibility index (Phi) is 4.40. The van der Waals surface area contributed by atoms with Crippen LogP contribution in [-0.2, 0) is 0 Å². The molecule has 0 aliphatic heterocycles. The molecule has 0 spiro atoms. The number of amides is 1. The van der Waals surface area contributed by atoms with Gasteiger partial charge >= 0.3 is 0 Å². The molecule has 0 aliphatic carbocycles. The molecule has 0 fully saturated rings. The highest BCUT2D eigenvalue weighted by atomic mass is 16.5. The van der Waals surface area contributed by atoms with Crippen LogP contribution in [0.25, 0.3) is 11.3 Å². The largest absolute Gasteiger partial charge is 0.497 e. The third-order valence-corrected chi connectivity index (χ3v) is 3.13. The summed E-state index contributed by atoms with van der Waals surface area (Å²) in [6.07, 6.45) is 0. The molecule has 5 nitrogen and oxygen atoms in total. The molecule has 0 radical (unpaired) electrons. The van der Waals surface area contributed by atoms with Crippen molar-refractivity contribution in [2.45, 2.75) is 13.8 Å². The van der Waals surface area contributed by atoms with Crippen LogP contribution in [0.4, 0.5) is 0 Å². The fourth-order valence-corrected chi connectivity index (χ4v) is 1.96. The summed E-state index contributed by atoms with van der Waals surface area (Å²) in [5.41, 5.74) is 1.15. The summed E-state index contributed by atoms with van der Waals surface area (Å²) in [5, 5.41) is 3.86. The lowest BCUT2D eigenvalue weighted by molar-refractivity contribution is 0.0762. The van der Waals surface area contributed by atoms with Crippen molar-refractivity contribution in [2.24, 2.45) is 0 Å². The van der Waals surface area contributed by atoms with Crippen LogP contribution >= 0.6 is 0 Å². The van der Waals surface area contributed by atoms with E-state index >= 15 is 0 Å². The molecule has 5 heteroatoms. The number of carbonyl (C=O) groups excluding carboxylic acids is 1. The Labute approximate surface area is 118 Å². The van der Waals surface area contributed by atoms with Crippen molar-refractivity contribution in [3.05, 3.63) is 36.0 Å². The molecule has 0 bridgehead atoms. The number of hydrogen-bond acceptors (Lipinski definition) is 4. The van der Waals surface area contributed by atoms with Crippen LogP contribution in [0.2, 0.25) is 0 Å². The fraction of sp³-hybridized carbons (Fsp3) is 0.333. The molecule has 2 aromatic rings. The Hall–Kier alpha value is -2.30. The summed E-state index contributed by atoms with van der Waals surface area (Å²) in [5.74, 6) is 1.17. The van der Waals surface area contributed by atoms with Crippen molar-refractivity contribution >= 4 is 5.91 Å². The molecule has 0 unspecified atom stereocenters. The second kappa shape index (κ2) is 6.23. The van der Waals surface area contributed by atoms with Crippen LogP contribution in [0.1, 0.15) is 24.3 Å². The smallest absolute Gasteiger partial charge is 0.276 e. The fourth-order valence-electron chi connectivity index (χ4n) is 1.96. The van der Waals surface area contributed by atoms with E-state index in [1.54, 1.807) is 18.1 Å². The molecule has 1 aromatic heterocycles. The monoisotopic (exact) mass is 274 g/mol. The first-order valence-electron chi connectivity index (χ1n) is 6.60. The summed E-state index contributed by atoms with van der Waals surface area (Å²) in [6.45, 7) is 5.17. The second-order valence-electron chi connectivity index (χ2n) is 4.29. The predicted molar refractivity (Wildman–Crippen MR) is 75.7 cm³/mol. The molecule has 2 rings (SSSR count). The van der Waals surface area contributed by atoms with Gasteiger partial charge in [0.25, 0.3) is 5.91 Å². The Balaban J connectivity index is 2.26. The lowest BCUT2D eigenvalue weighted by atomic mass is 10.1. The molecule has 0 atom stereocenters. The van der Waals surface area contributed by atoms with E-state index in [-0.39, 0.29) is 5.91 Å². The number of aromatic nitrogens is 1. The van der Waals surface area contributed by atoms with Crippen molar-refractivity contribution in [1.82, 2.24) is 10.1 Å². The molecular weight excluding hydrogens is 256 g/mol. The highest BCUT2D eigenvalue weighted by molar-refractivity contribution is 5.93. The minimum atomic E-state index is -0.118. The number of benzene rings is 1. The zero-order valence-corrected chi connectivity index (χ0v) is 11.9. The average Bonchev–Trinajstić information content (AvgIpc) is 2.98. The predicted octanol–water partition coefficient (Wildman–Crippen LogP) is 2.83. The molecule has 0 aliphatic rings. The van der Waals surface area contributed by atoms with Gasteiger partial charge in [-0.2, -0.15) is 0 Å². The average molecular weight is 274 g/mol.